The monoisotopic (exact) mass is 807 g/mol. The van der Waals surface area contributed by atoms with Crippen LogP contribution < -0.4 is 4.90 Å². The molecule has 0 fully saturated rings. The molecule has 2 aromatic heterocycles. The van der Waals surface area contributed by atoms with Crippen molar-refractivity contribution >= 4 is 60.7 Å². The van der Waals surface area contributed by atoms with Crippen molar-refractivity contribution in [1.82, 2.24) is 9.13 Å². The SMILES string of the molecule is CC1(C)c2ccccc2-c2cc3c4cc5c(cc4n(-c4ccc6c(c4)c4cc(N(c7ccccc7)c7ccccc7)ccc4n6-c4ccccc4)c3cc21)C(C)(C)c1ccccc1-5. The van der Waals surface area contributed by atoms with E-state index in [1.165, 1.54) is 88.1 Å². The Labute approximate surface area is 367 Å². The molecule has 3 nitrogen and oxygen atoms in total. The lowest BCUT2D eigenvalue weighted by molar-refractivity contribution is 0.660. The van der Waals surface area contributed by atoms with Crippen LogP contribution in [0.15, 0.2) is 200 Å². The Hall–Kier alpha value is -7.62. The van der Waals surface area contributed by atoms with Gasteiger partial charge in [-0.2, -0.15) is 0 Å². The van der Waals surface area contributed by atoms with Crippen LogP contribution in [0.2, 0.25) is 0 Å². The van der Waals surface area contributed by atoms with Crippen LogP contribution in [0.3, 0.4) is 0 Å². The van der Waals surface area contributed by atoms with Crippen LogP contribution in [0.25, 0.3) is 77.2 Å². The maximum absolute atomic E-state index is 2.57. The number of rotatable bonds is 5. The molecule has 2 aliphatic carbocycles. The highest BCUT2D eigenvalue weighted by atomic mass is 15.1. The Balaban J connectivity index is 1.12. The van der Waals surface area contributed by atoms with E-state index in [1.807, 2.05) is 0 Å². The lowest BCUT2D eigenvalue weighted by atomic mass is 9.82. The van der Waals surface area contributed by atoms with E-state index in [1.54, 1.807) is 0 Å². The van der Waals surface area contributed by atoms with Gasteiger partial charge >= 0.3 is 0 Å². The maximum atomic E-state index is 2.57. The molecule has 0 unspecified atom stereocenters. The molecule has 0 saturated heterocycles. The Morgan fingerprint density at radius 1 is 0.302 bits per heavy atom. The second-order valence-electron chi connectivity index (χ2n) is 18.6. The molecule has 0 bridgehead atoms. The van der Waals surface area contributed by atoms with E-state index in [2.05, 4.69) is 242 Å². The molecule has 0 radical (unpaired) electrons. The molecule has 63 heavy (non-hydrogen) atoms. The van der Waals surface area contributed by atoms with Gasteiger partial charge in [-0.1, -0.05) is 131 Å². The van der Waals surface area contributed by atoms with Gasteiger partial charge in [0.25, 0.3) is 0 Å². The van der Waals surface area contributed by atoms with Crippen molar-refractivity contribution in [2.24, 2.45) is 0 Å². The Morgan fingerprint density at radius 3 is 1.27 bits per heavy atom. The van der Waals surface area contributed by atoms with Gasteiger partial charge in [0.05, 0.1) is 22.1 Å². The van der Waals surface area contributed by atoms with Gasteiger partial charge in [-0.05, 0) is 142 Å². The number of para-hydroxylation sites is 3. The first kappa shape index (κ1) is 36.1. The number of fused-ring (bicyclic) bond motifs is 12. The summed E-state index contributed by atoms with van der Waals surface area (Å²) >= 11 is 0. The highest BCUT2D eigenvalue weighted by Crippen LogP contribution is 2.54. The summed E-state index contributed by atoms with van der Waals surface area (Å²) in [6.07, 6.45) is 0. The summed E-state index contributed by atoms with van der Waals surface area (Å²) in [5, 5.41) is 5.00. The molecule has 0 amide bonds. The van der Waals surface area contributed by atoms with Crippen molar-refractivity contribution in [2.75, 3.05) is 4.90 Å². The van der Waals surface area contributed by atoms with Crippen molar-refractivity contribution < 1.29 is 0 Å². The Kier molecular flexibility index (Phi) is 7.42. The van der Waals surface area contributed by atoms with E-state index in [-0.39, 0.29) is 10.8 Å². The first-order valence-electron chi connectivity index (χ1n) is 22.2. The first-order valence-corrected chi connectivity index (χ1v) is 22.2. The number of benzene rings is 9. The minimum atomic E-state index is -0.128. The van der Waals surface area contributed by atoms with E-state index < -0.39 is 0 Å². The number of anilines is 3. The third kappa shape index (κ3) is 5.02. The van der Waals surface area contributed by atoms with E-state index in [9.17, 15) is 0 Å². The predicted molar refractivity (Wildman–Crippen MR) is 265 cm³/mol. The topological polar surface area (TPSA) is 13.1 Å². The van der Waals surface area contributed by atoms with Gasteiger partial charge in [0.1, 0.15) is 0 Å². The lowest BCUT2D eigenvalue weighted by Gasteiger charge is -2.25. The molecule has 3 heteroatoms. The average Bonchev–Trinajstić information content (AvgIpc) is 3.97. The zero-order chi connectivity index (χ0) is 42.2. The Morgan fingerprint density at radius 2 is 0.730 bits per heavy atom. The van der Waals surface area contributed by atoms with E-state index >= 15 is 0 Å². The van der Waals surface area contributed by atoms with E-state index in [4.69, 9.17) is 0 Å². The summed E-state index contributed by atoms with van der Waals surface area (Å²) in [5.74, 6) is 0. The molecular formula is C60H45N3. The summed E-state index contributed by atoms with van der Waals surface area (Å²) in [5.41, 5.74) is 21.2. The number of hydrogen-bond acceptors (Lipinski definition) is 1. The summed E-state index contributed by atoms with van der Waals surface area (Å²) in [4.78, 5) is 2.36. The molecule has 0 N–H and O–H groups in total. The predicted octanol–water partition coefficient (Wildman–Crippen LogP) is 16.0. The third-order valence-corrected chi connectivity index (χ3v) is 14.5. The Bertz CT molecular complexity index is 3500. The van der Waals surface area contributed by atoms with Crippen LogP contribution in [0.5, 0.6) is 0 Å². The zero-order valence-electron chi connectivity index (χ0n) is 35.9. The number of nitrogens with zero attached hydrogens (tertiary/aromatic N) is 3. The molecule has 2 heterocycles. The van der Waals surface area contributed by atoms with Gasteiger partial charge in [0, 0.05) is 60.8 Å². The van der Waals surface area contributed by atoms with Crippen LogP contribution in [0, 0.1) is 0 Å². The van der Waals surface area contributed by atoms with Crippen molar-refractivity contribution in [2.45, 2.75) is 38.5 Å². The van der Waals surface area contributed by atoms with Crippen molar-refractivity contribution in [1.29, 1.82) is 0 Å². The van der Waals surface area contributed by atoms with Gasteiger partial charge in [-0.25, -0.2) is 0 Å². The van der Waals surface area contributed by atoms with E-state index in [0.717, 1.165) is 28.4 Å². The fraction of sp³-hybridized carbons (Fsp3) is 0.100. The number of aromatic nitrogens is 2. The highest BCUT2D eigenvalue weighted by molar-refractivity contribution is 6.15. The maximum Gasteiger partial charge on any atom is 0.0544 e. The van der Waals surface area contributed by atoms with Crippen LogP contribution >= 0.6 is 0 Å². The molecular weight excluding hydrogens is 763 g/mol. The standard InChI is InChI=1S/C60H45N3/c1-59(2)51-26-16-14-24-43(51)45-34-49-50-35-46-44-25-15-17-27-52(44)60(3,4)54(46)37-58(50)63(57(49)36-53(45)59)42-29-31-56-48(33-42)47-32-41(28-30-55(47)62(56)40-22-12-7-13-23-40)61(38-18-8-5-9-19-38)39-20-10-6-11-21-39/h5-37H,1-4H3. The molecule has 0 spiro atoms. The fourth-order valence-corrected chi connectivity index (χ4v) is 11.4. The third-order valence-electron chi connectivity index (χ3n) is 14.5. The second kappa shape index (κ2) is 13.0. The fourth-order valence-electron chi connectivity index (χ4n) is 11.4. The summed E-state index contributed by atoms with van der Waals surface area (Å²) in [6, 6.07) is 74.4. The molecule has 2 aliphatic rings. The molecule has 300 valence electrons. The van der Waals surface area contributed by atoms with Crippen molar-refractivity contribution in [3.8, 4) is 33.6 Å². The van der Waals surface area contributed by atoms with Gasteiger partial charge in [0.2, 0.25) is 0 Å². The normalized spacial score (nSPS) is 14.3. The van der Waals surface area contributed by atoms with Crippen molar-refractivity contribution in [3.05, 3.63) is 222 Å². The number of hydrogen-bond donors (Lipinski definition) is 0. The minimum absolute atomic E-state index is 0.128. The smallest absolute Gasteiger partial charge is 0.0544 e. The van der Waals surface area contributed by atoms with Crippen molar-refractivity contribution in [3.63, 3.8) is 0 Å². The molecule has 0 saturated carbocycles. The van der Waals surface area contributed by atoms with Crippen LogP contribution in [-0.4, -0.2) is 9.13 Å². The summed E-state index contributed by atoms with van der Waals surface area (Å²) in [6.45, 7) is 9.56. The summed E-state index contributed by atoms with van der Waals surface area (Å²) in [7, 11) is 0. The minimum Gasteiger partial charge on any atom is -0.310 e. The molecule has 0 atom stereocenters. The molecule has 9 aromatic carbocycles. The zero-order valence-corrected chi connectivity index (χ0v) is 35.9. The van der Waals surface area contributed by atoms with E-state index in [0.29, 0.717) is 0 Å². The highest BCUT2D eigenvalue weighted by Gasteiger charge is 2.38. The van der Waals surface area contributed by atoms with Crippen LogP contribution in [0.4, 0.5) is 17.1 Å². The average molecular weight is 808 g/mol. The lowest BCUT2D eigenvalue weighted by Crippen LogP contribution is -2.15. The second-order valence-corrected chi connectivity index (χ2v) is 18.6. The molecule has 11 aromatic rings. The van der Waals surface area contributed by atoms with Gasteiger partial charge in [-0.3, -0.25) is 0 Å². The quantitative estimate of drug-likeness (QED) is 0.169. The van der Waals surface area contributed by atoms with Gasteiger partial charge in [0.15, 0.2) is 0 Å². The van der Waals surface area contributed by atoms with Crippen LogP contribution in [0.1, 0.15) is 49.9 Å². The first-order chi connectivity index (χ1) is 30.8. The van der Waals surface area contributed by atoms with Gasteiger partial charge < -0.3 is 14.0 Å². The largest absolute Gasteiger partial charge is 0.310 e. The summed E-state index contributed by atoms with van der Waals surface area (Å²) < 4.78 is 5.00. The van der Waals surface area contributed by atoms with Crippen LogP contribution in [-0.2, 0) is 10.8 Å². The molecule has 0 aliphatic heterocycles. The van der Waals surface area contributed by atoms with Gasteiger partial charge in [-0.15, -0.1) is 0 Å². The molecule has 13 rings (SSSR count).